The van der Waals surface area contributed by atoms with Gasteiger partial charge in [-0.25, -0.2) is 0 Å². The fourth-order valence-corrected chi connectivity index (χ4v) is 9.72. The molecule has 3 aliphatic rings. The van der Waals surface area contributed by atoms with Gasteiger partial charge in [0.25, 0.3) is 0 Å². The normalized spacial score (nSPS) is 43.0. The molecule has 3 saturated heterocycles. The molecule has 3 fully saturated rings. The predicted octanol–water partition coefficient (Wildman–Crippen LogP) is 4.71. The molecule has 0 aromatic heterocycles. The van der Waals surface area contributed by atoms with Crippen molar-refractivity contribution in [3.8, 4) is 5.75 Å². The van der Waals surface area contributed by atoms with Crippen LogP contribution in [-0.2, 0) is 42.8 Å². The summed E-state index contributed by atoms with van der Waals surface area (Å²) in [6, 6.07) is 9.18. The lowest BCUT2D eigenvalue weighted by Crippen LogP contribution is -2.61. The van der Waals surface area contributed by atoms with Gasteiger partial charge in [-0.1, -0.05) is 51.0 Å². The molecule has 16 nitrogen and oxygen atoms in total. The first-order valence-electron chi connectivity index (χ1n) is 22.8. The van der Waals surface area contributed by atoms with Crippen LogP contribution in [0.4, 0.5) is 0 Å². The van der Waals surface area contributed by atoms with Gasteiger partial charge in [0.15, 0.2) is 12.6 Å². The number of ether oxygens (including phenoxy) is 8. The van der Waals surface area contributed by atoms with Crippen molar-refractivity contribution in [2.45, 2.75) is 186 Å². The Morgan fingerprint density at radius 3 is 2.11 bits per heavy atom. The van der Waals surface area contributed by atoms with Crippen LogP contribution in [-0.4, -0.2) is 163 Å². The molecule has 0 amide bonds. The van der Waals surface area contributed by atoms with E-state index in [0.29, 0.717) is 25.2 Å². The summed E-state index contributed by atoms with van der Waals surface area (Å²) in [6.07, 6.45) is -7.91. The first kappa shape index (κ1) is 53.1. The molecular formula is C47H80N2O14. The van der Waals surface area contributed by atoms with Crippen LogP contribution in [0.15, 0.2) is 35.5 Å². The van der Waals surface area contributed by atoms with Crippen LogP contribution in [0.1, 0.15) is 101 Å². The fourth-order valence-electron chi connectivity index (χ4n) is 9.72. The average molecular weight is 897 g/mol. The predicted molar refractivity (Wildman–Crippen MR) is 236 cm³/mol. The van der Waals surface area contributed by atoms with Crippen molar-refractivity contribution in [2.75, 3.05) is 41.5 Å². The number of aliphatic hydroxyl groups excluding tert-OH is 3. The van der Waals surface area contributed by atoms with Gasteiger partial charge >= 0.3 is 5.97 Å². The number of nitrogens with zero attached hydrogens (tertiary/aromatic N) is 2. The zero-order chi connectivity index (χ0) is 47.0. The maximum atomic E-state index is 14.5. The van der Waals surface area contributed by atoms with Gasteiger partial charge in [0.05, 0.1) is 60.0 Å². The van der Waals surface area contributed by atoms with Gasteiger partial charge in [0.2, 0.25) is 0 Å². The third-order valence-electron chi connectivity index (χ3n) is 13.9. The van der Waals surface area contributed by atoms with Gasteiger partial charge in [-0.2, -0.15) is 0 Å². The quantitative estimate of drug-likeness (QED) is 0.114. The summed E-state index contributed by atoms with van der Waals surface area (Å²) >= 11 is 0. The molecule has 3 heterocycles. The Labute approximate surface area is 375 Å². The van der Waals surface area contributed by atoms with Crippen LogP contribution in [0, 0.1) is 23.7 Å². The highest BCUT2D eigenvalue weighted by Crippen LogP contribution is 2.42. The van der Waals surface area contributed by atoms with E-state index >= 15 is 0 Å². The van der Waals surface area contributed by atoms with Gasteiger partial charge < -0.3 is 68.1 Å². The second kappa shape index (κ2) is 22.8. The SMILES string of the molecule is CCC1OC(=O)[C@H](C)C(O[C@H]2C[C@@](C)(OC)[C@@H](O)[C@H](C)O2)[C@H](C)[C@@H](O[C@@H]2O[C@H](C)C[C@H](N(C)C)[C@H]2O)[C@](C)(OC)C[C@@H](C)/C(=N\OCCCOc2ccccc2)[C@H](C)[C@@H](O)[C@]1(C)O. The number of aliphatic hydroxyl groups is 4. The monoisotopic (exact) mass is 897 g/mol. The van der Waals surface area contributed by atoms with Crippen LogP contribution in [0.3, 0.4) is 0 Å². The topological polar surface area (TPSA) is 197 Å². The number of methoxy groups -OCH3 is 2. The van der Waals surface area contributed by atoms with Crippen molar-refractivity contribution in [1.29, 1.82) is 0 Å². The van der Waals surface area contributed by atoms with E-state index < -0.39 is 102 Å². The van der Waals surface area contributed by atoms with E-state index in [-0.39, 0.29) is 38.0 Å². The highest BCUT2D eigenvalue weighted by molar-refractivity contribution is 5.88. The van der Waals surface area contributed by atoms with Crippen molar-refractivity contribution in [3.05, 3.63) is 30.3 Å². The van der Waals surface area contributed by atoms with Gasteiger partial charge in [-0.3, -0.25) is 4.79 Å². The number of carbonyl (C=O) groups excluding carboxylic acids is 1. The number of hydrogen-bond donors (Lipinski definition) is 4. The molecule has 63 heavy (non-hydrogen) atoms. The van der Waals surface area contributed by atoms with Crippen molar-refractivity contribution in [1.82, 2.24) is 4.90 Å². The Hall–Kier alpha value is -2.48. The summed E-state index contributed by atoms with van der Waals surface area (Å²) in [5, 5.41) is 51.7. The third kappa shape index (κ3) is 12.7. The van der Waals surface area contributed by atoms with Gasteiger partial charge in [0.1, 0.15) is 36.3 Å². The molecule has 0 saturated carbocycles. The molecule has 1 aromatic carbocycles. The third-order valence-corrected chi connectivity index (χ3v) is 13.9. The molecule has 1 aromatic rings. The lowest BCUT2D eigenvalue weighted by atomic mass is 9.73. The highest BCUT2D eigenvalue weighted by atomic mass is 16.7. The Morgan fingerprint density at radius 1 is 0.857 bits per heavy atom. The summed E-state index contributed by atoms with van der Waals surface area (Å²) < 4.78 is 50.7. The lowest BCUT2D eigenvalue weighted by Gasteiger charge is -2.50. The van der Waals surface area contributed by atoms with Crippen LogP contribution >= 0.6 is 0 Å². The second-order valence-corrected chi connectivity index (χ2v) is 19.1. The van der Waals surface area contributed by atoms with Gasteiger partial charge in [-0.15, -0.1) is 0 Å². The van der Waals surface area contributed by atoms with Crippen LogP contribution in [0.5, 0.6) is 5.75 Å². The van der Waals surface area contributed by atoms with Crippen molar-refractivity contribution in [2.24, 2.45) is 28.8 Å². The summed E-state index contributed by atoms with van der Waals surface area (Å²) in [6.45, 7) is 18.4. The van der Waals surface area contributed by atoms with E-state index in [1.807, 2.05) is 77.0 Å². The molecule has 18 atom stereocenters. The molecule has 0 spiro atoms. The standard InChI is InChI=1S/C47H80N2O14/c1-15-35-47(10,54)40(51)29(4)37(48-58-23-19-22-57-33-20-17-16-18-21-33)27(2)25-46(9,56-14)42(63-44-38(50)34(49(11)12)24-28(3)59-44)30(5)39(31(6)43(53)61-35)62-36-26-45(8,55-13)41(52)32(7)60-36/h16-18,20-21,27-32,34-36,38-42,44,50-52,54H,15,19,22-26H2,1-14H3/b48-37+/t27-,28-,29+,30+,31-,32+,34+,35?,36+,38-,39?,40-,41+,42-,44+,45-,46-,47-/m1/s1. The van der Waals surface area contributed by atoms with Crippen LogP contribution in [0.25, 0.3) is 0 Å². The summed E-state index contributed by atoms with van der Waals surface area (Å²) in [5.74, 6) is -2.92. The molecule has 4 rings (SSSR count). The second-order valence-electron chi connectivity index (χ2n) is 19.1. The molecule has 0 aliphatic carbocycles. The van der Waals surface area contributed by atoms with Crippen molar-refractivity contribution >= 4 is 11.7 Å². The number of para-hydroxylation sites is 1. The summed E-state index contributed by atoms with van der Waals surface area (Å²) in [4.78, 5) is 22.4. The van der Waals surface area contributed by atoms with E-state index in [9.17, 15) is 25.2 Å². The molecular weight excluding hydrogens is 817 g/mol. The minimum absolute atomic E-state index is 0.130. The number of benzene rings is 1. The number of rotatable bonds is 14. The number of carbonyl (C=O) groups is 1. The van der Waals surface area contributed by atoms with E-state index in [4.69, 9.17) is 42.7 Å². The number of cyclic esters (lactones) is 1. The molecule has 4 N–H and O–H groups in total. The number of likely N-dealkylation sites (N-methyl/N-ethyl adjacent to an activating group) is 1. The molecule has 2 unspecified atom stereocenters. The van der Waals surface area contributed by atoms with Gasteiger partial charge in [0, 0.05) is 50.9 Å². The van der Waals surface area contributed by atoms with Gasteiger partial charge in [-0.05, 0) is 87.0 Å². The highest BCUT2D eigenvalue weighted by Gasteiger charge is 2.54. The van der Waals surface area contributed by atoms with Crippen LogP contribution in [0.2, 0.25) is 0 Å². The lowest BCUT2D eigenvalue weighted by molar-refractivity contribution is -0.319. The number of hydrogen-bond acceptors (Lipinski definition) is 16. The molecule has 3 aliphatic heterocycles. The van der Waals surface area contributed by atoms with Crippen molar-refractivity contribution < 1.29 is 68.0 Å². The fraction of sp³-hybridized carbons (Fsp3) is 0.830. The maximum Gasteiger partial charge on any atom is 0.311 e. The smallest absolute Gasteiger partial charge is 0.311 e. The summed E-state index contributed by atoms with van der Waals surface area (Å²) in [7, 11) is 6.89. The van der Waals surface area contributed by atoms with E-state index in [1.54, 1.807) is 41.7 Å². The van der Waals surface area contributed by atoms with Crippen LogP contribution < -0.4 is 4.74 Å². The minimum atomic E-state index is -1.93. The largest absolute Gasteiger partial charge is 0.493 e. The van der Waals surface area contributed by atoms with E-state index in [1.165, 1.54) is 14.0 Å². The maximum absolute atomic E-state index is 14.5. The Kier molecular flexibility index (Phi) is 19.2. The summed E-state index contributed by atoms with van der Waals surface area (Å²) in [5.41, 5.74) is -3.74. The Bertz CT molecular complexity index is 1590. The zero-order valence-corrected chi connectivity index (χ0v) is 40.3. The Morgan fingerprint density at radius 2 is 1.51 bits per heavy atom. The van der Waals surface area contributed by atoms with E-state index in [2.05, 4.69) is 5.16 Å². The molecule has 16 heteroatoms. The minimum Gasteiger partial charge on any atom is -0.493 e. The first-order chi connectivity index (χ1) is 29.5. The average Bonchev–Trinajstić information content (AvgIpc) is 3.24. The van der Waals surface area contributed by atoms with Crippen molar-refractivity contribution in [3.63, 3.8) is 0 Å². The Balaban J connectivity index is 1.83. The molecule has 0 bridgehead atoms. The first-order valence-corrected chi connectivity index (χ1v) is 22.8. The zero-order valence-electron chi connectivity index (χ0n) is 40.3. The number of esters is 1. The molecule has 0 radical (unpaired) electrons. The van der Waals surface area contributed by atoms with E-state index in [0.717, 1.165) is 5.75 Å². The number of oxime groups is 1. The molecule has 362 valence electrons.